The van der Waals surface area contributed by atoms with Gasteiger partial charge in [0.15, 0.2) is 5.78 Å². The average Bonchev–Trinajstić information content (AvgIpc) is 3.03. The fourth-order valence-electron chi connectivity index (χ4n) is 3.43. The Labute approximate surface area is 184 Å². The van der Waals surface area contributed by atoms with Crippen LogP contribution in [0.1, 0.15) is 50.0 Å². The lowest BCUT2D eigenvalue weighted by atomic mass is 10.1. The zero-order chi connectivity index (χ0) is 22.5. The molecule has 162 valence electrons. The number of carbonyl (C=O) groups is 4. The van der Waals surface area contributed by atoms with E-state index in [9.17, 15) is 19.2 Å². The first-order valence-corrected chi connectivity index (χ1v) is 11.1. The molecule has 0 aromatic heterocycles. The molecule has 31 heavy (non-hydrogen) atoms. The molecular weight excluding hydrogens is 418 g/mol. The van der Waals surface area contributed by atoms with Crippen LogP contribution in [0.15, 0.2) is 42.5 Å². The number of imide groups is 1. The van der Waals surface area contributed by atoms with E-state index in [2.05, 4.69) is 0 Å². The van der Waals surface area contributed by atoms with Crippen molar-refractivity contribution in [2.75, 3.05) is 19.1 Å². The van der Waals surface area contributed by atoms with Crippen LogP contribution in [0.5, 0.6) is 5.75 Å². The fourth-order valence-corrected chi connectivity index (χ4v) is 3.89. The molecule has 1 atom stereocenters. The highest BCUT2D eigenvalue weighted by Crippen LogP contribution is 2.27. The number of fused-ring (bicyclic) bond motifs is 1. The first-order chi connectivity index (χ1) is 14.9. The zero-order valence-electron chi connectivity index (χ0n) is 17.5. The summed E-state index contributed by atoms with van der Waals surface area (Å²) in [5.41, 5.74) is 1.55. The van der Waals surface area contributed by atoms with Crippen molar-refractivity contribution in [1.29, 1.82) is 0 Å². The van der Waals surface area contributed by atoms with E-state index < -0.39 is 23.8 Å². The number of esters is 1. The van der Waals surface area contributed by atoms with E-state index in [0.29, 0.717) is 22.6 Å². The quantitative estimate of drug-likeness (QED) is 0.335. The summed E-state index contributed by atoms with van der Waals surface area (Å²) in [6.45, 7) is 1.29. The maximum Gasteiger partial charge on any atom is 0.329 e. The van der Waals surface area contributed by atoms with Gasteiger partial charge >= 0.3 is 5.97 Å². The highest BCUT2D eigenvalue weighted by molar-refractivity contribution is 7.98. The summed E-state index contributed by atoms with van der Waals surface area (Å²) in [6, 6.07) is 10.3. The van der Waals surface area contributed by atoms with E-state index in [1.165, 1.54) is 25.8 Å². The van der Waals surface area contributed by atoms with E-state index in [1.807, 2.05) is 6.26 Å². The predicted octanol–water partition coefficient (Wildman–Crippen LogP) is 3.36. The van der Waals surface area contributed by atoms with Gasteiger partial charge in [-0.3, -0.25) is 19.3 Å². The maximum absolute atomic E-state index is 13.0. The van der Waals surface area contributed by atoms with Crippen molar-refractivity contribution in [2.45, 2.75) is 26.0 Å². The van der Waals surface area contributed by atoms with Gasteiger partial charge in [-0.1, -0.05) is 12.1 Å². The van der Waals surface area contributed by atoms with E-state index >= 15 is 0 Å². The Balaban J connectivity index is 1.82. The Kier molecular flexibility index (Phi) is 7.12. The summed E-state index contributed by atoms with van der Waals surface area (Å²) < 4.78 is 10.8. The minimum Gasteiger partial charge on any atom is -0.496 e. The molecule has 1 aliphatic rings. The number of carbonyl (C=O) groups excluding carboxylic acids is 4. The van der Waals surface area contributed by atoms with Crippen LogP contribution in [0.2, 0.25) is 0 Å². The van der Waals surface area contributed by atoms with Crippen LogP contribution in [-0.2, 0) is 16.1 Å². The third-order valence-corrected chi connectivity index (χ3v) is 5.71. The number of benzene rings is 2. The molecule has 0 aliphatic carbocycles. The van der Waals surface area contributed by atoms with Gasteiger partial charge in [-0.2, -0.15) is 11.8 Å². The minimum atomic E-state index is -1.04. The second-order valence-electron chi connectivity index (χ2n) is 7.01. The molecule has 0 saturated heterocycles. The summed E-state index contributed by atoms with van der Waals surface area (Å²) in [6.07, 6.45) is 2.15. The monoisotopic (exact) mass is 441 g/mol. The van der Waals surface area contributed by atoms with Crippen molar-refractivity contribution in [3.05, 3.63) is 64.7 Å². The number of amides is 2. The van der Waals surface area contributed by atoms with Gasteiger partial charge in [0.1, 0.15) is 18.4 Å². The van der Waals surface area contributed by atoms with Gasteiger partial charge in [0.25, 0.3) is 11.8 Å². The van der Waals surface area contributed by atoms with Crippen molar-refractivity contribution < 1.29 is 28.7 Å². The Hall–Kier alpha value is -3.13. The smallest absolute Gasteiger partial charge is 0.329 e. The van der Waals surface area contributed by atoms with Gasteiger partial charge in [-0.05, 0) is 55.7 Å². The number of ether oxygens (including phenoxy) is 2. The zero-order valence-corrected chi connectivity index (χ0v) is 18.4. The van der Waals surface area contributed by atoms with Gasteiger partial charge in [-0.15, -0.1) is 0 Å². The van der Waals surface area contributed by atoms with E-state index in [4.69, 9.17) is 9.47 Å². The number of nitrogens with zero attached hydrogens (tertiary/aromatic N) is 1. The molecular formula is C23H23NO6S. The van der Waals surface area contributed by atoms with Crippen molar-refractivity contribution in [1.82, 2.24) is 4.90 Å². The Morgan fingerprint density at radius 3 is 2.26 bits per heavy atom. The van der Waals surface area contributed by atoms with E-state index in [1.54, 1.807) is 42.5 Å². The lowest BCUT2D eigenvalue weighted by Crippen LogP contribution is -2.46. The third kappa shape index (κ3) is 4.64. The fraction of sp³-hybridized carbons (Fsp3) is 0.304. The molecule has 0 radical (unpaired) electrons. The highest BCUT2D eigenvalue weighted by Gasteiger charge is 2.43. The molecule has 3 rings (SSSR count). The summed E-state index contributed by atoms with van der Waals surface area (Å²) in [7, 11) is 1.48. The molecule has 2 amide bonds. The van der Waals surface area contributed by atoms with Gasteiger partial charge in [0.2, 0.25) is 0 Å². The molecule has 2 aromatic rings. The van der Waals surface area contributed by atoms with Crippen LogP contribution in [0.25, 0.3) is 0 Å². The number of hydrogen-bond acceptors (Lipinski definition) is 7. The van der Waals surface area contributed by atoms with Crippen LogP contribution < -0.4 is 4.74 Å². The average molecular weight is 442 g/mol. The second kappa shape index (κ2) is 9.78. The van der Waals surface area contributed by atoms with Gasteiger partial charge in [-0.25, -0.2) is 4.79 Å². The number of rotatable bonds is 9. The number of hydrogen-bond donors (Lipinski definition) is 0. The third-order valence-electron chi connectivity index (χ3n) is 5.06. The van der Waals surface area contributed by atoms with Gasteiger partial charge in [0.05, 0.1) is 18.2 Å². The van der Waals surface area contributed by atoms with Crippen LogP contribution in [0, 0.1) is 0 Å². The molecule has 0 spiro atoms. The predicted molar refractivity (Wildman–Crippen MR) is 117 cm³/mol. The number of thioether (sulfide) groups is 1. The van der Waals surface area contributed by atoms with Crippen molar-refractivity contribution in [3.8, 4) is 5.75 Å². The second-order valence-corrected chi connectivity index (χ2v) is 8.00. The highest BCUT2D eigenvalue weighted by atomic mass is 32.2. The van der Waals surface area contributed by atoms with Crippen molar-refractivity contribution >= 4 is 35.3 Å². The molecule has 0 unspecified atom stereocenters. The van der Waals surface area contributed by atoms with Gasteiger partial charge in [0, 0.05) is 11.1 Å². The first kappa shape index (κ1) is 22.6. The number of methoxy groups -OCH3 is 1. The van der Waals surface area contributed by atoms with E-state index in [0.717, 1.165) is 4.90 Å². The molecule has 0 fully saturated rings. The van der Waals surface area contributed by atoms with Crippen LogP contribution in [0.4, 0.5) is 0 Å². The van der Waals surface area contributed by atoms with Crippen LogP contribution in [-0.4, -0.2) is 53.6 Å². The Morgan fingerprint density at radius 2 is 1.71 bits per heavy atom. The number of ketones is 1. The van der Waals surface area contributed by atoms with Crippen LogP contribution >= 0.6 is 11.8 Å². The van der Waals surface area contributed by atoms with Crippen LogP contribution in [0.3, 0.4) is 0 Å². The topological polar surface area (TPSA) is 90.0 Å². The van der Waals surface area contributed by atoms with Crippen molar-refractivity contribution in [3.63, 3.8) is 0 Å². The molecule has 0 saturated carbocycles. The van der Waals surface area contributed by atoms with E-state index in [-0.39, 0.29) is 29.9 Å². The Morgan fingerprint density at radius 1 is 1.06 bits per heavy atom. The molecule has 2 aromatic carbocycles. The Bertz CT molecular complexity index is 999. The standard InChI is InChI=1S/C23H23NO6S/c1-14(25)15-8-9-20(29-2)16(12-15)13-30-23(28)19(10-11-31-3)24-21(26)17-6-4-5-7-18(17)22(24)27/h4-9,12,19H,10-11,13H2,1-3H3/t19-/m1/s1. The molecule has 0 bridgehead atoms. The largest absolute Gasteiger partial charge is 0.496 e. The number of Topliss-reactive ketones (excluding diaryl/α,β-unsaturated/α-hetero) is 1. The minimum absolute atomic E-state index is 0.126. The van der Waals surface area contributed by atoms with Gasteiger partial charge < -0.3 is 9.47 Å². The first-order valence-electron chi connectivity index (χ1n) is 9.69. The summed E-state index contributed by atoms with van der Waals surface area (Å²) >= 11 is 1.50. The summed E-state index contributed by atoms with van der Waals surface area (Å²) in [5, 5.41) is 0. The lowest BCUT2D eigenvalue weighted by Gasteiger charge is -2.24. The molecule has 7 nitrogen and oxygen atoms in total. The van der Waals surface area contributed by atoms with Crippen molar-refractivity contribution in [2.24, 2.45) is 0 Å². The maximum atomic E-state index is 13.0. The molecule has 1 aliphatic heterocycles. The molecule has 1 heterocycles. The SMILES string of the molecule is COc1ccc(C(C)=O)cc1COC(=O)[C@@H](CCSC)N1C(=O)c2ccccc2C1=O. The molecule has 0 N–H and O–H groups in total. The lowest BCUT2D eigenvalue weighted by molar-refractivity contribution is -0.149. The summed E-state index contributed by atoms with van der Waals surface area (Å²) in [5.74, 6) is -0.771. The normalized spacial score (nSPS) is 13.7. The summed E-state index contributed by atoms with van der Waals surface area (Å²) in [4.78, 5) is 51.3. The molecule has 8 heteroatoms.